The fourth-order valence-corrected chi connectivity index (χ4v) is 4.08. The van der Waals surface area contributed by atoms with Crippen molar-refractivity contribution in [1.29, 1.82) is 0 Å². The SMILES string of the molecule is Cc1ccc2c(c1)c(C(=O)c1nnc(-c3cccnc3)o1)c(C(F)(F)F)n2Cc1ccc(Cl)cc1. The molecule has 35 heavy (non-hydrogen) atoms. The van der Waals surface area contributed by atoms with Gasteiger partial charge >= 0.3 is 6.18 Å². The normalized spacial score (nSPS) is 11.8. The third kappa shape index (κ3) is 4.30. The van der Waals surface area contributed by atoms with Gasteiger partial charge < -0.3 is 8.98 Å². The van der Waals surface area contributed by atoms with Crippen LogP contribution in [0.15, 0.2) is 71.4 Å². The summed E-state index contributed by atoms with van der Waals surface area (Å²) in [6.07, 6.45) is -1.85. The lowest BCUT2D eigenvalue weighted by Gasteiger charge is -2.14. The summed E-state index contributed by atoms with van der Waals surface area (Å²) in [5.74, 6) is -1.57. The van der Waals surface area contributed by atoms with Gasteiger partial charge in [0.25, 0.3) is 11.7 Å². The Hall–Kier alpha value is -3.98. The lowest BCUT2D eigenvalue weighted by Crippen LogP contribution is -2.19. The van der Waals surface area contributed by atoms with E-state index in [0.717, 1.165) is 4.57 Å². The van der Waals surface area contributed by atoms with Crippen LogP contribution in [0.2, 0.25) is 5.02 Å². The first-order valence-corrected chi connectivity index (χ1v) is 10.8. The van der Waals surface area contributed by atoms with Crippen LogP contribution in [0.4, 0.5) is 13.2 Å². The number of halogens is 4. The summed E-state index contributed by atoms with van der Waals surface area (Å²) in [6.45, 7) is 1.62. The highest BCUT2D eigenvalue weighted by molar-refractivity contribution is 6.30. The Bertz CT molecular complexity index is 1540. The monoisotopic (exact) mass is 496 g/mol. The predicted molar refractivity (Wildman–Crippen MR) is 123 cm³/mol. The molecule has 176 valence electrons. The van der Waals surface area contributed by atoms with Gasteiger partial charge in [-0.1, -0.05) is 35.4 Å². The van der Waals surface area contributed by atoms with Crippen LogP contribution in [0.25, 0.3) is 22.4 Å². The van der Waals surface area contributed by atoms with Crippen molar-refractivity contribution in [1.82, 2.24) is 19.7 Å². The summed E-state index contributed by atoms with van der Waals surface area (Å²) in [5, 5.41) is 8.18. The van der Waals surface area contributed by atoms with Crippen molar-refractivity contribution in [3.8, 4) is 11.5 Å². The van der Waals surface area contributed by atoms with Crippen LogP contribution in [0, 0.1) is 6.92 Å². The fourth-order valence-electron chi connectivity index (χ4n) is 3.96. The van der Waals surface area contributed by atoms with Crippen molar-refractivity contribution < 1.29 is 22.4 Å². The van der Waals surface area contributed by atoms with E-state index in [0.29, 0.717) is 21.7 Å². The van der Waals surface area contributed by atoms with Crippen molar-refractivity contribution >= 4 is 28.3 Å². The second-order valence-corrected chi connectivity index (χ2v) is 8.37. The van der Waals surface area contributed by atoms with E-state index in [4.69, 9.17) is 16.0 Å². The number of nitrogens with zero attached hydrogens (tertiary/aromatic N) is 4. The van der Waals surface area contributed by atoms with Crippen LogP contribution in [0.3, 0.4) is 0 Å². The summed E-state index contributed by atoms with van der Waals surface area (Å²) in [4.78, 5) is 17.4. The molecule has 5 rings (SSSR count). The molecule has 0 radical (unpaired) electrons. The van der Waals surface area contributed by atoms with E-state index in [-0.39, 0.29) is 23.3 Å². The van der Waals surface area contributed by atoms with Gasteiger partial charge in [-0.05, 0) is 48.9 Å². The molecule has 0 aliphatic heterocycles. The Morgan fingerprint density at radius 1 is 1.09 bits per heavy atom. The minimum Gasteiger partial charge on any atom is -0.413 e. The molecule has 0 N–H and O–H groups in total. The summed E-state index contributed by atoms with van der Waals surface area (Å²) >= 11 is 5.93. The van der Waals surface area contributed by atoms with E-state index < -0.39 is 29.1 Å². The molecular weight excluding hydrogens is 481 g/mol. The molecular formula is C25H16ClF3N4O2. The number of hydrogen-bond donors (Lipinski definition) is 0. The highest BCUT2D eigenvalue weighted by Crippen LogP contribution is 2.40. The highest BCUT2D eigenvalue weighted by Gasteiger charge is 2.42. The van der Waals surface area contributed by atoms with Crippen LogP contribution in [-0.4, -0.2) is 25.5 Å². The smallest absolute Gasteiger partial charge is 0.413 e. The van der Waals surface area contributed by atoms with Gasteiger partial charge in [0.15, 0.2) is 0 Å². The molecule has 0 fully saturated rings. The van der Waals surface area contributed by atoms with Gasteiger partial charge in [-0.3, -0.25) is 9.78 Å². The number of benzene rings is 2. The number of hydrogen-bond acceptors (Lipinski definition) is 5. The van der Waals surface area contributed by atoms with E-state index in [1.54, 1.807) is 67.7 Å². The first kappa shape index (κ1) is 22.8. The van der Waals surface area contributed by atoms with Gasteiger partial charge in [-0.2, -0.15) is 13.2 Å². The largest absolute Gasteiger partial charge is 0.432 e. The molecule has 0 saturated carbocycles. The highest BCUT2D eigenvalue weighted by atomic mass is 35.5. The lowest BCUT2D eigenvalue weighted by atomic mass is 10.0. The molecule has 0 spiro atoms. The number of aromatic nitrogens is 4. The maximum atomic E-state index is 14.5. The number of carbonyl (C=O) groups excluding carboxylic acids is 1. The topological polar surface area (TPSA) is 73.8 Å². The Kier molecular flexibility index (Phi) is 5.64. The maximum Gasteiger partial charge on any atom is 0.432 e. The molecule has 0 amide bonds. The van der Waals surface area contributed by atoms with Gasteiger partial charge in [-0.25, -0.2) is 0 Å². The first-order valence-electron chi connectivity index (χ1n) is 10.5. The van der Waals surface area contributed by atoms with E-state index in [1.807, 2.05) is 0 Å². The standard InChI is InChI=1S/C25H16ClF3N4O2/c1-14-4-9-19-18(11-14)20(21(34)24-32-31-23(35-24)16-3-2-10-30-12-16)22(25(27,28)29)33(19)13-15-5-7-17(26)8-6-15/h2-12H,13H2,1H3. The Balaban J connectivity index is 1.70. The maximum absolute atomic E-state index is 14.5. The number of ketones is 1. The predicted octanol–water partition coefficient (Wildman–Crippen LogP) is 6.35. The van der Waals surface area contributed by atoms with Gasteiger partial charge in [0.2, 0.25) is 5.89 Å². The Morgan fingerprint density at radius 2 is 1.86 bits per heavy atom. The quantitative estimate of drug-likeness (QED) is 0.265. The second kappa shape index (κ2) is 8.66. The number of alkyl halides is 3. The molecule has 10 heteroatoms. The zero-order chi connectivity index (χ0) is 24.7. The van der Waals surface area contributed by atoms with Gasteiger partial charge in [0.1, 0.15) is 5.69 Å². The van der Waals surface area contributed by atoms with Crippen molar-refractivity contribution in [2.75, 3.05) is 0 Å². The summed E-state index contributed by atoms with van der Waals surface area (Å²) < 4.78 is 50.0. The number of rotatable bonds is 5. The van der Waals surface area contributed by atoms with E-state index in [1.165, 1.54) is 6.20 Å². The van der Waals surface area contributed by atoms with Crippen LogP contribution in [0.1, 0.15) is 33.1 Å². The molecule has 0 unspecified atom stereocenters. The zero-order valence-corrected chi connectivity index (χ0v) is 18.9. The minimum absolute atomic E-state index is 0.0175. The molecule has 0 bridgehead atoms. The summed E-state index contributed by atoms with van der Waals surface area (Å²) in [6, 6.07) is 14.6. The van der Waals surface area contributed by atoms with E-state index in [9.17, 15) is 18.0 Å². The van der Waals surface area contributed by atoms with Crippen molar-refractivity contribution in [3.63, 3.8) is 0 Å². The molecule has 3 heterocycles. The average Bonchev–Trinajstić information content (AvgIpc) is 3.44. The van der Waals surface area contributed by atoms with Crippen LogP contribution in [0.5, 0.6) is 0 Å². The van der Waals surface area contributed by atoms with Gasteiger partial charge in [0, 0.05) is 34.9 Å². The van der Waals surface area contributed by atoms with Crippen LogP contribution < -0.4 is 0 Å². The van der Waals surface area contributed by atoms with Crippen molar-refractivity contribution in [3.05, 3.63) is 100 Å². The summed E-state index contributed by atoms with van der Waals surface area (Å²) in [5.41, 5.74) is 0.369. The van der Waals surface area contributed by atoms with Crippen LogP contribution in [-0.2, 0) is 12.7 Å². The van der Waals surface area contributed by atoms with Gasteiger partial charge in [-0.15, -0.1) is 10.2 Å². The molecule has 3 aromatic heterocycles. The van der Waals surface area contributed by atoms with E-state index >= 15 is 0 Å². The molecule has 6 nitrogen and oxygen atoms in total. The third-order valence-electron chi connectivity index (χ3n) is 5.50. The average molecular weight is 497 g/mol. The first-order chi connectivity index (χ1) is 16.7. The number of carbonyl (C=O) groups is 1. The molecule has 2 aromatic carbocycles. The third-order valence-corrected chi connectivity index (χ3v) is 5.75. The molecule has 5 aromatic rings. The number of pyridine rings is 1. The number of fused-ring (bicyclic) bond motifs is 1. The van der Waals surface area contributed by atoms with Crippen LogP contribution >= 0.6 is 11.6 Å². The Labute approximate surface area is 202 Å². The minimum atomic E-state index is -4.84. The number of aryl methyl sites for hydroxylation is 1. The molecule has 0 atom stereocenters. The fraction of sp³-hybridized carbons (Fsp3) is 0.120. The lowest BCUT2D eigenvalue weighted by molar-refractivity contribution is -0.143. The molecule has 0 aliphatic carbocycles. The van der Waals surface area contributed by atoms with Crippen molar-refractivity contribution in [2.24, 2.45) is 0 Å². The van der Waals surface area contributed by atoms with Crippen molar-refractivity contribution in [2.45, 2.75) is 19.6 Å². The second-order valence-electron chi connectivity index (χ2n) is 7.94. The zero-order valence-electron chi connectivity index (χ0n) is 18.2. The van der Waals surface area contributed by atoms with E-state index in [2.05, 4.69) is 15.2 Å². The molecule has 0 saturated heterocycles. The van der Waals surface area contributed by atoms with Gasteiger partial charge in [0.05, 0.1) is 11.1 Å². The molecule has 0 aliphatic rings. The Morgan fingerprint density at radius 3 is 2.54 bits per heavy atom. The summed E-state index contributed by atoms with van der Waals surface area (Å²) in [7, 11) is 0.